The highest BCUT2D eigenvalue weighted by Crippen LogP contribution is 2.23. The molecule has 1 aliphatic heterocycles. The third kappa shape index (κ3) is 3.80. The maximum Gasteiger partial charge on any atom is 0.219 e. The molecule has 0 spiro atoms. The molecule has 0 aromatic heterocycles. The topological polar surface area (TPSA) is 72.3 Å². The van der Waals surface area contributed by atoms with Crippen LogP contribution in [-0.4, -0.2) is 36.5 Å². The van der Waals surface area contributed by atoms with Crippen molar-refractivity contribution in [3.05, 3.63) is 0 Å². The number of carbonyl (C=O) groups is 1. The molecule has 0 saturated carbocycles. The fourth-order valence-corrected chi connectivity index (χ4v) is 2.60. The van der Waals surface area contributed by atoms with Gasteiger partial charge in [-0.25, -0.2) is 0 Å². The van der Waals surface area contributed by atoms with Gasteiger partial charge in [-0.3, -0.25) is 9.69 Å². The van der Waals surface area contributed by atoms with Crippen molar-refractivity contribution in [2.24, 2.45) is 23.3 Å². The number of carbonyl (C=O) groups excluding carboxylic acids is 1. The smallest absolute Gasteiger partial charge is 0.219 e. The van der Waals surface area contributed by atoms with E-state index in [-0.39, 0.29) is 11.9 Å². The second-order valence-electron chi connectivity index (χ2n) is 4.96. The number of piperidine rings is 1. The molecule has 4 N–H and O–H groups in total. The number of hydrogen-bond donors (Lipinski definition) is 2. The molecule has 0 aromatic carbocycles. The fourth-order valence-electron chi connectivity index (χ4n) is 2.60. The summed E-state index contributed by atoms with van der Waals surface area (Å²) in [7, 11) is 0. The van der Waals surface area contributed by atoms with E-state index in [1.807, 2.05) is 0 Å². The van der Waals surface area contributed by atoms with Gasteiger partial charge in [-0.15, -0.1) is 0 Å². The molecule has 0 aromatic rings. The largest absolute Gasteiger partial charge is 0.370 e. The van der Waals surface area contributed by atoms with Crippen LogP contribution in [0.15, 0.2) is 0 Å². The van der Waals surface area contributed by atoms with E-state index >= 15 is 0 Å². The monoisotopic (exact) mass is 213 g/mol. The third-order valence-electron chi connectivity index (χ3n) is 3.12. The number of likely N-dealkylation sites (tertiary alicyclic amines) is 1. The van der Waals surface area contributed by atoms with Crippen LogP contribution in [0.25, 0.3) is 0 Å². The van der Waals surface area contributed by atoms with Crippen LogP contribution in [0.1, 0.15) is 26.7 Å². The molecule has 1 heterocycles. The Kier molecular flexibility index (Phi) is 4.54. The van der Waals surface area contributed by atoms with Crippen LogP contribution in [-0.2, 0) is 4.79 Å². The summed E-state index contributed by atoms with van der Waals surface area (Å²) < 4.78 is 0. The van der Waals surface area contributed by atoms with Gasteiger partial charge in [0.15, 0.2) is 0 Å². The molecule has 3 atom stereocenters. The van der Waals surface area contributed by atoms with Gasteiger partial charge >= 0.3 is 0 Å². The van der Waals surface area contributed by atoms with Crippen molar-refractivity contribution in [3.8, 4) is 0 Å². The summed E-state index contributed by atoms with van der Waals surface area (Å²) in [5, 5.41) is 0. The maximum absolute atomic E-state index is 10.9. The predicted molar refractivity (Wildman–Crippen MR) is 61.2 cm³/mol. The molecule has 1 fully saturated rings. The first kappa shape index (κ1) is 12.5. The van der Waals surface area contributed by atoms with E-state index in [9.17, 15) is 4.79 Å². The summed E-state index contributed by atoms with van der Waals surface area (Å²) in [6.45, 7) is 7.10. The Morgan fingerprint density at radius 3 is 2.33 bits per heavy atom. The van der Waals surface area contributed by atoms with Crippen LogP contribution < -0.4 is 11.5 Å². The number of rotatable bonds is 4. The maximum atomic E-state index is 10.9. The minimum absolute atomic E-state index is 0.132. The Morgan fingerprint density at radius 1 is 1.40 bits per heavy atom. The van der Waals surface area contributed by atoms with Gasteiger partial charge in [0.05, 0.1) is 0 Å². The molecule has 0 radical (unpaired) electrons. The summed E-state index contributed by atoms with van der Waals surface area (Å²) in [5.41, 5.74) is 10.9. The van der Waals surface area contributed by atoms with E-state index in [0.717, 1.165) is 13.1 Å². The van der Waals surface area contributed by atoms with E-state index in [1.54, 1.807) is 0 Å². The van der Waals surface area contributed by atoms with E-state index in [2.05, 4.69) is 18.7 Å². The van der Waals surface area contributed by atoms with E-state index in [4.69, 9.17) is 11.5 Å². The van der Waals surface area contributed by atoms with Crippen molar-refractivity contribution in [2.75, 3.05) is 19.6 Å². The average Bonchev–Trinajstić information content (AvgIpc) is 2.12. The Bertz CT molecular complexity index is 210. The normalized spacial score (nSPS) is 30.1. The molecule has 1 saturated heterocycles. The van der Waals surface area contributed by atoms with Crippen LogP contribution in [0.4, 0.5) is 0 Å². The Balaban J connectivity index is 2.54. The first-order chi connectivity index (χ1) is 7.02. The van der Waals surface area contributed by atoms with Crippen molar-refractivity contribution >= 4 is 5.91 Å². The predicted octanol–water partition coefficient (Wildman–Crippen LogP) is 0.167. The van der Waals surface area contributed by atoms with Crippen LogP contribution in [0.2, 0.25) is 0 Å². The molecule has 1 amide bonds. The van der Waals surface area contributed by atoms with Gasteiger partial charge in [0, 0.05) is 32.1 Å². The minimum atomic E-state index is -0.253. The van der Waals surface area contributed by atoms with Crippen LogP contribution >= 0.6 is 0 Å². The molecule has 1 aliphatic rings. The average molecular weight is 213 g/mol. The zero-order valence-corrected chi connectivity index (χ0v) is 9.78. The quantitative estimate of drug-likeness (QED) is 0.699. The lowest BCUT2D eigenvalue weighted by atomic mass is 9.90. The lowest BCUT2D eigenvalue weighted by molar-refractivity contribution is -0.119. The highest BCUT2D eigenvalue weighted by molar-refractivity contribution is 5.74. The zero-order valence-electron chi connectivity index (χ0n) is 9.78. The lowest BCUT2D eigenvalue weighted by Gasteiger charge is -2.39. The molecule has 4 nitrogen and oxygen atoms in total. The van der Waals surface area contributed by atoms with Gasteiger partial charge in [0.1, 0.15) is 0 Å². The van der Waals surface area contributed by atoms with Crippen LogP contribution in [0.5, 0.6) is 0 Å². The van der Waals surface area contributed by atoms with Gasteiger partial charge < -0.3 is 11.5 Å². The molecule has 1 rings (SSSR count). The van der Waals surface area contributed by atoms with E-state index in [1.165, 1.54) is 6.42 Å². The summed E-state index contributed by atoms with van der Waals surface area (Å²) >= 11 is 0. The van der Waals surface area contributed by atoms with Crippen molar-refractivity contribution in [1.82, 2.24) is 4.90 Å². The van der Waals surface area contributed by atoms with Crippen molar-refractivity contribution in [2.45, 2.75) is 32.7 Å². The zero-order chi connectivity index (χ0) is 11.4. The molecule has 0 aliphatic carbocycles. The SMILES string of the molecule is CC1CC(C)CN(C(CN)CC(N)=O)C1. The molecule has 15 heavy (non-hydrogen) atoms. The minimum Gasteiger partial charge on any atom is -0.370 e. The first-order valence-electron chi connectivity index (χ1n) is 5.75. The van der Waals surface area contributed by atoms with Gasteiger partial charge in [0.2, 0.25) is 5.91 Å². The van der Waals surface area contributed by atoms with Gasteiger partial charge in [-0.05, 0) is 18.3 Å². The molecular weight excluding hydrogens is 190 g/mol. The highest BCUT2D eigenvalue weighted by Gasteiger charge is 2.27. The van der Waals surface area contributed by atoms with Gasteiger partial charge in [0.25, 0.3) is 0 Å². The fraction of sp³-hybridized carbons (Fsp3) is 0.909. The van der Waals surface area contributed by atoms with E-state index in [0.29, 0.717) is 24.8 Å². The van der Waals surface area contributed by atoms with Crippen molar-refractivity contribution in [3.63, 3.8) is 0 Å². The standard InChI is InChI=1S/C11H23N3O/c1-8-3-9(2)7-14(6-8)10(5-12)4-11(13)15/h8-10H,3-7,12H2,1-2H3,(H2,13,15). The first-order valence-corrected chi connectivity index (χ1v) is 5.75. The van der Waals surface area contributed by atoms with Crippen LogP contribution in [0.3, 0.4) is 0 Å². The summed E-state index contributed by atoms with van der Waals surface area (Å²) in [4.78, 5) is 13.2. The second kappa shape index (κ2) is 5.47. The van der Waals surface area contributed by atoms with Crippen LogP contribution in [0, 0.1) is 11.8 Å². The number of amides is 1. The molecule has 88 valence electrons. The molecule has 4 heteroatoms. The Hall–Kier alpha value is -0.610. The number of nitrogens with zero attached hydrogens (tertiary/aromatic N) is 1. The van der Waals surface area contributed by atoms with Gasteiger partial charge in [-0.1, -0.05) is 13.8 Å². The van der Waals surface area contributed by atoms with Gasteiger partial charge in [-0.2, -0.15) is 0 Å². The molecular formula is C11H23N3O. The number of primary amides is 1. The van der Waals surface area contributed by atoms with E-state index < -0.39 is 0 Å². The Morgan fingerprint density at radius 2 is 1.93 bits per heavy atom. The summed E-state index contributed by atoms with van der Waals surface area (Å²) in [6.07, 6.45) is 1.65. The third-order valence-corrected chi connectivity index (χ3v) is 3.12. The molecule has 0 bridgehead atoms. The number of hydrogen-bond acceptors (Lipinski definition) is 3. The molecule has 3 unspecified atom stereocenters. The second-order valence-corrected chi connectivity index (χ2v) is 4.96. The summed E-state index contributed by atoms with van der Waals surface area (Å²) in [5.74, 6) is 1.13. The highest BCUT2D eigenvalue weighted by atomic mass is 16.1. The summed E-state index contributed by atoms with van der Waals surface area (Å²) in [6, 6.07) is 0.132. The van der Waals surface area contributed by atoms with Crippen molar-refractivity contribution in [1.29, 1.82) is 0 Å². The number of nitrogens with two attached hydrogens (primary N) is 2. The Labute approximate surface area is 92.0 Å². The van der Waals surface area contributed by atoms with Crippen molar-refractivity contribution < 1.29 is 4.79 Å². The lowest BCUT2D eigenvalue weighted by Crippen LogP contribution is -2.49.